The Kier molecular flexibility index (Phi) is 4.12. The van der Waals surface area contributed by atoms with Gasteiger partial charge in [-0.25, -0.2) is 0 Å². The second kappa shape index (κ2) is 6.00. The van der Waals surface area contributed by atoms with E-state index in [1.54, 1.807) is 24.3 Å². The van der Waals surface area contributed by atoms with Gasteiger partial charge in [0.05, 0.1) is 0 Å². The van der Waals surface area contributed by atoms with Gasteiger partial charge >= 0.3 is 0 Å². The number of amides is 1. The predicted octanol–water partition coefficient (Wildman–Crippen LogP) is 1.25. The maximum Gasteiger partial charge on any atom is 0.267 e. The summed E-state index contributed by atoms with van der Waals surface area (Å²) in [6, 6.07) is 8.93. The number of allylic oxidation sites excluding steroid dienone is 1. The third kappa shape index (κ3) is 3.20. The highest BCUT2D eigenvalue weighted by Crippen LogP contribution is 2.04. The van der Waals surface area contributed by atoms with Crippen molar-refractivity contribution in [1.29, 1.82) is 0 Å². The summed E-state index contributed by atoms with van der Waals surface area (Å²) in [7, 11) is 0. The van der Waals surface area contributed by atoms with Crippen LogP contribution in [0, 0.1) is 0 Å². The highest BCUT2D eigenvalue weighted by Gasteiger charge is 2.13. The molecule has 18 heavy (non-hydrogen) atoms. The molecule has 0 radical (unpaired) electrons. The van der Waals surface area contributed by atoms with Crippen LogP contribution in [-0.4, -0.2) is 24.8 Å². The van der Waals surface area contributed by atoms with Crippen molar-refractivity contribution in [2.75, 3.05) is 13.1 Å². The average Bonchev–Trinajstić information content (AvgIpc) is 2.39. The van der Waals surface area contributed by atoms with Gasteiger partial charge in [-0.3, -0.25) is 9.59 Å². The van der Waals surface area contributed by atoms with Crippen molar-refractivity contribution < 1.29 is 9.59 Å². The van der Waals surface area contributed by atoms with Crippen LogP contribution in [0.1, 0.15) is 23.2 Å². The zero-order chi connectivity index (χ0) is 12.8. The molecule has 1 heterocycles. The van der Waals surface area contributed by atoms with Crippen molar-refractivity contribution in [2.24, 2.45) is 0 Å². The van der Waals surface area contributed by atoms with Crippen LogP contribution in [-0.2, 0) is 4.79 Å². The van der Waals surface area contributed by atoms with Gasteiger partial charge in [0.1, 0.15) is 5.70 Å². The van der Waals surface area contributed by atoms with Crippen LogP contribution in [0.25, 0.3) is 0 Å². The van der Waals surface area contributed by atoms with Gasteiger partial charge in [0.25, 0.3) is 5.91 Å². The highest BCUT2D eigenvalue weighted by molar-refractivity contribution is 6.09. The maximum absolute atomic E-state index is 12.0. The van der Waals surface area contributed by atoms with Crippen LogP contribution >= 0.6 is 0 Å². The topological polar surface area (TPSA) is 58.2 Å². The van der Waals surface area contributed by atoms with Crippen LogP contribution in [0.4, 0.5) is 0 Å². The molecule has 4 nitrogen and oxygen atoms in total. The summed E-state index contributed by atoms with van der Waals surface area (Å²) >= 11 is 0. The van der Waals surface area contributed by atoms with Crippen molar-refractivity contribution in [1.82, 2.24) is 10.6 Å². The molecule has 1 aliphatic heterocycles. The lowest BCUT2D eigenvalue weighted by atomic mass is 10.1. The van der Waals surface area contributed by atoms with Gasteiger partial charge in [-0.2, -0.15) is 0 Å². The molecule has 0 atom stereocenters. The van der Waals surface area contributed by atoms with E-state index >= 15 is 0 Å². The van der Waals surface area contributed by atoms with Gasteiger partial charge in [0, 0.05) is 24.7 Å². The number of benzene rings is 1. The summed E-state index contributed by atoms with van der Waals surface area (Å²) in [6.45, 7) is 1.39. The lowest BCUT2D eigenvalue weighted by molar-refractivity contribution is -0.118. The molecule has 1 amide bonds. The Morgan fingerprint density at radius 2 is 1.72 bits per heavy atom. The molecule has 0 aliphatic carbocycles. The summed E-state index contributed by atoms with van der Waals surface area (Å²) in [5, 5.41) is 5.77. The van der Waals surface area contributed by atoms with E-state index in [1.807, 2.05) is 6.07 Å². The molecule has 2 N–H and O–H groups in total. The minimum atomic E-state index is -0.209. The minimum Gasteiger partial charge on any atom is -0.380 e. The summed E-state index contributed by atoms with van der Waals surface area (Å²) in [5.41, 5.74) is 0.935. The van der Waals surface area contributed by atoms with Crippen molar-refractivity contribution in [2.45, 2.75) is 12.8 Å². The molecule has 2 rings (SSSR count). The normalized spacial score (nSPS) is 18.4. The lowest BCUT2D eigenvalue weighted by Crippen LogP contribution is -2.36. The Labute approximate surface area is 106 Å². The first kappa shape index (κ1) is 12.4. The van der Waals surface area contributed by atoms with E-state index < -0.39 is 0 Å². The molecule has 1 aromatic carbocycles. The van der Waals surface area contributed by atoms with Crippen molar-refractivity contribution in [3.8, 4) is 0 Å². The standard InChI is InChI=1S/C14H16N2O2/c17-13(11-6-2-1-3-7-11)10-12-14(18)16-9-5-4-8-15-12/h1-3,6-7,10,15H,4-5,8-9H2,(H,16,18). The van der Waals surface area contributed by atoms with Gasteiger partial charge in [0.15, 0.2) is 5.78 Å². The number of rotatable bonds is 2. The van der Waals surface area contributed by atoms with E-state index in [9.17, 15) is 9.59 Å². The van der Waals surface area contributed by atoms with Crippen LogP contribution in [0.3, 0.4) is 0 Å². The van der Waals surface area contributed by atoms with E-state index in [0.29, 0.717) is 17.8 Å². The predicted molar refractivity (Wildman–Crippen MR) is 69.1 cm³/mol. The summed E-state index contributed by atoms with van der Waals surface area (Å²) < 4.78 is 0. The van der Waals surface area contributed by atoms with Gasteiger partial charge in [-0.1, -0.05) is 30.3 Å². The van der Waals surface area contributed by atoms with E-state index in [4.69, 9.17) is 0 Å². The largest absolute Gasteiger partial charge is 0.380 e. The monoisotopic (exact) mass is 244 g/mol. The molecule has 1 saturated heterocycles. The molecule has 0 spiro atoms. The van der Waals surface area contributed by atoms with Gasteiger partial charge in [-0.15, -0.1) is 0 Å². The number of carbonyl (C=O) groups is 2. The first-order chi connectivity index (χ1) is 8.77. The molecule has 1 fully saturated rings. The summed E-state index contributed by atoms with van der Waals surface area (Å²) in [4.78, 5) is 23.7. The lowest BCUT2D eigenvalue weighted by Gasteiger charge is -2.14. The van der Waals surface area contributed by atoms with Crippen LogP contribution in [0.5, 0.6) is 0 Å². The summed E-state index contributed by atoms with van der Waals surface area (Å²) in [5.74, 6) is -0.368. The summed E-state index contributed by atoms with van der Waals surface area (Å²) in [6.07, 6.45) is 3.31. The smallest absolute Gasteiger partial charge is 0.267 e. The second-order valence-electron chi connectivity index (χ2n) is 4.18. The van der Waals surface area contributed by atoms with Crippen molar-refractivity contribution in [3.63, 3.8) is 0 Å². The Morgan fingerprint density at radius 3 is 2.44 bits per heavy atom. The molecular weight excluding hydrogens is 228 g/mol. The molecule has 0 saturated carbocycles. The van der Waals surface area contributed by atoms with Gasteiger partial charge < -0.3 is 10.6 Å². The fraction of sp³-hybridized carbons (Fsp3) is 0.286. The molecule has 0 unspecified atom stereocenters. The number of nitrogens with one attached hydrogen (secondary N) is 2. The van der Waals surface area contributed by atoms with Crippen LogP contribution in [0.15, 0.2) is 42.1 Å². The molecule has 0 aromatic heterocycles. The maximum atomic E-state index is 12.0. The van der Waals surface area contributed by atoms with Crippen LogP contribution in [0.2, 0.25) is 0 Å². The van der Waals surface area contributed by atoms with Crippen molar-refractivity contribution >= 4 is 11.7 Å². The zero-order valence-corrected chi connectivity index (χ0v) is 10.1. The van der Waals surface area contributed by atoms with E-state index in [0.717, 1.165) is 19.4 Å². The van der Waals surface area contributed by atoms with Gasteiger partial charge in [0.2, 0.25) is 0 Å². The molecule has 0 bridgehead atoms. The average molecular weight is 244 g/mol. The number of ketones is 1. The Balaban J connectivity index is 2.15. The Morgan fingerprint density at radius 1 is 1.06 bits per heavy atom. The van der Waals surface area contributed by atoms with E-state index in [-0.39, 0.29) is 11.7 Å². The molecule has 4 heteroatoms. The fourth-order valence-corrected chi connectivity index (χ4v) is 1.78. The second-order valence-corrected chi connectivity index (χ2v) is 4.18. The highest BCUT2D eigenvalue weighted by atomic mass is 16.2. The zero-order valence-electron chi connectivity index (χ0n) is 10.1. The molecule has 1 aliphatic rings. The molecule has 94 valence electrons. The van der Waals surface area contributed by atoms with E-state index in [1.165, 1.54) is 6.08 Å². The number of hydrogen-bond donors (Lipinski definition) is 2. The van der Waals surface area contributed by atoms with E-state index in [2.05, 4.69) is 10.6 Å². The van der Waals surface area contributed by atoms with Crippen LogP contribution < -0.4 is 10.6 Å². The molecular formula is C14H16N2O2. The van der Waals surface area contributed by atoms with Gasteiger partial charge in [-0.05, 0) is 12.8 Å². The third-order valence-corrected chi connectivity index (χ3v) is 2.78. The number of carbonyl (C=O) groups excluding carboxylic acids is 2. The fourth-order valence-electron chi connectivity index (χ4n) is 1.78. The minimum absolute atomic E-state index is 0.158. The number of hydrogen-bond acceptors (Lipinski definition) is 3. The first-order valence-corrected chi connectivity index (χ1v) is 6.10. The van der Waals surface area contributed by atoms with Crippen molar-refractivity contribution in [3.05, 3.63) is 47.7 Å². The Hall–Kier alpha value is -2.10. The molecule has 1 aromatic rings. The Bertz CT molecular complexity index is 466. The SMILES string of the molecule is O=C1NCCCCNC1=CC(=O)c1ccccc1. The third-order valence-electron chi connectivity index (χ3n) is 2.78. The first-order valence-electron chi connectivity index (χ1n) is 6.10. The quantitative estimate of drug-likeness (QED) is 0.608.